The SMILES string of the molecule is CCCC1CCC(CCc2ccc(-c3ccc(C)c(F)c3Cl)c(F)c2F)CC1. The van der Waals surface area contributed by atoms with E-state index in [1.165, 1.54) is 56.7 Å². The van der Waals surface area contributed by atoms with E-state index in [0.717, 1.165) is 12.3 Å². The normalized spacial score (nSPS) is 19.8. The van der Waals surface area contributed by atoms with Gasteiger partial charge < -0.3 is 0 Å². The molecular weight excluding hydrogens is 381 g/mol. The third-order valence-corrected chi connectivity index (χ3v) is 6.58. The lowest BCUT2D eigenvalue weighted by Gasteiger charge is -2.28. The summed E-state index contributed by atoms with van der Waals surface area (Å²) >= 11 is 6.03. The van der Waals surface area contributed by atoms with Gasteiger partial charge >= 0.3 is 0 Å². The van der Waals surface area contributed by atoms with Gasteiger partial charge in [-0.1, -0.05) is 81.3 Å². The van der Waals surface area contributed by atoms with Gasteiger partial charge in [0, 0.05) is 11.1 Å². The Balaban J connectivity index is 1.70. The van der Waals surface area contributed by atoms with Crippen LogP contribution < -0.4 is 0 Å². The first-order chi connectivity index (χ1) is 13.4. The second-order valence-electron chi connectivity index (χ2n) is 8.17. The van der Waals surface area contributed by atoms with Gasteiger partial charge in [0.2, 0.25) is 0 Å². The van der Waals surface area contributed by atoms with Gasteiger partial charge in [-0.25, -0.2) is 13.2 Å². The first-order valence-corrected chi connectivity index (χ1v) is 10.7. The fourth-order valence-corrected chi connectivity index (χ4v) is 4.74. The van der Waals surface area contributed by atoms with Crippen molar-refractivity contribution in [3.63, 3.8) is 0 Å². The molecule has 1 aliphatic rings. The van der Waals surface area contributed by atoms with Crippen LogP contribution in [0.1, 0.15) is 63.0 Å². The molecule has 4 heteroatoms. The third-order valence-electron chi connectivity index (χ3n) is 6.21. The van der Waals surface area contributed by atoms with E-state index < -0.39 is 17.5 Å². The van der Waals surface area contributed by atoms with Gasteiger partial charge in [-0.2, -0.15) is 0 Å². The molecule has 28 heavy (non-hydrogen) atoms. The molecule has 152 valence electrons. The highest BCUT2D eigenvalue weighted by molar-refractivity contribution is 6.33. The maximum absolute atomic E-state index is 14.7. The van der Waals surface area contributed by atoms with Crippen molar-refractivity contribution in [3.05, 3.63) is 57.9 Å². The van der Waals surface area contributed by atoms with E-state index in [-0.39, 0.29) is 16.1 Å². The zero-order valence-corrected chi connectivity index (χ0v) is 17.4. The van der Waals surface area contributed by atoms with E-state index in [4.69, 9.17) is 11.6 Å². The molecule has 1 fully saturated rings. The fourth-order valence-electron chi connectivity index (χ4n) is 4.42. The lowest BCUT2D eigenvalue weighted by atomic mass is 9.78. The number of hydrogen-bond acceptors (Lipinski definition) is 0. The van der Waals surface area contributed by atoms with Gasteiger partial charge in [0.25, 0.3) is 0 Å². The summed E-state index contributed by atoms with van der Waals surface area (Å²) in [6.07, 6.45) is 8.83. The lowest BCUT2D eigenvalue weighted by molar-refractivity contribution is 0.251. The average Bonchev–Trinajstić information content (AvgIpc) is 2.69. The van der Waals surface area contributed by atoms with Crippen molar-refractivity contribution >= 4 is 11.6 Å². The van der Waals surface area contributed by atoms with Gasteiger partial charge in [-0.15, -0.1) is 0 Å². The molecular formula is C24H28ClF3. The van der Waals surface area contributed by atoms with E-state index in [9.17, 15) is 13.2 Å². The molecule has 3 rings (SSSR count). The molecule has 2 aromatic rings. The van der Waals surface area contributed by atoms with Crippen LogP contribution in [0.25, 0.3) is 11.1 Å². The van der Waals surface area contributed by atoms with Crippen molar-refractivity contribution in [1.82, 2.24) is 0 Å². The zero-order valence-electron chi connectivity index (χ0n) is 16.6. The minimum absolute atomic E-state index is 0.00484. The lowest BCUT2D eigenvalue weighted by Crippen LogP contribution is -2.15. The largest absolute Gasteiger partial charge is 0.205 e. The quantitative estimate of drug-likeness (QED) is 0.451. The van der Waals surface area contributed by atoms with E-state index >= 15 is 0 Å². The summed E-state index contributed by atoms with van der Waals surface area (Å²) < 4.78 is 43.4. The molecule has 0 saturated heterocycles. The van der Waals surface area contributed by atoms with Crippen LogP contribution in [0.15, 0.2) is 24.3 Å². The fraction of sp³-hybridized carbons (Fsp3) is 0.500. The monoisotopic (exact) mass is 408 g/mol. The molecule has 0 aliphatic heterocycles. The van der Waals surface area contributed by atoms with Gasteiger partial charge in [0.15, 0.2) is 11.6 Å². The summed E-state index contributed by atoms with van der Waals surface area (Å²) in [7, 11) is 0. The molecule has 1 aliphatic carbocycles. The van der Waals surface area contributed by atoms with Gasteiger partial charge in [-0.3, -0.25) is 0 Å². The highest BCUT2D eigenvalue weighted by Gasteiger charge is 2.22. The molecule has 0 spiro atoms. The van der Waals surface area contributed by atoms with Crippen molar-refractivity contribution in [2.24, 2.45) is 11.8 Å². The van der Waals surface area contributed by atoms with Crippen LogP contribution in [-0.2, 0) is 6.42 Å². The number of aryl methyl sites for hydroxylation is 2. The topological polar surface area (TPSA) is 0 Å². The van der Waals surface area contributed by atoms with Crippen molar-refractivity contribution in [2.75, 3.05) is 0 Å². The van der Waals surface area contributed by atoms with E-state index in [1.54, 1.807) is 13.0 Å². The van der Waals surface area contributed by atoms with Crippen molar-refractivity contribution in [2.45, 2.75) is 65.2 Å². The maximum atomic E-state index is 14.7. The molecule has 0 atom stereocenters. The van der Waals surface area contributed by atoms with E-state index in [2.05, 4.69) is 6.92 Å². The second-order valence-corrected chi connectivity index (χ2v) is 8.55. The van der Waals surface area contributed by atoms with Crippen LogP contribution in [0.3, 0.4) is 0 Å². The predicted molar refractivity (Wildman–Crippen MR) is 110 cm³/mol. The Morgan fingerprint density at radius 2 is 1.43 bits per heavy atom. The first-order valence-electron chi connectivity index (χ1n) is 10.3. The molecule has 0 nitrogen and oxygen atoms in total. The molecule has 0 heterocycles. The summed E-state index contributed by atoms with van der Waals surface area (Å²) in [4.78, 5) is 0. The van der Waals surface area contributed by atoms with Crippen molar-refractivity contribution in [1.29, 1.82) is 0 Å². The average molecular weight is 409 g/mol. The Labute approximate surface area is 171 Å². The maximum Gasteiger partial charge on any atom is 0.166 e. The molecule has 0 N–H and O–H groups in total. The van der Waals surface area contributed by atoms with Crippen LogP contribution in [-0.4, -0.2) is 0 Å². The number of benzene rings is 2. The zero-order chi connectivity index (χ0) is 20.3. The van der Waals surface area contributed by atoms with Crippen molar-refractivity contribution in [3.8, 4) is 11.1 Å². The van der Waals surface area contributed by atoms with Gasteiger partial charge in [0.1, 0.15) is 5.82 Å². The highest BCUT2D eigenvalue weighted by atomic mass is 35.5. The molecule has 0 radical (unpaired) electrons. The Bertz CT molecular complexity index is 823. The van der Waals surface area contributed by atoms with Crippen LogP contribution in [0.4, 0.5) is 13.2 Å². The van der Waals surface area contributed by atoms with Gasteiger partial charge in [0.05, 0.1) is 5.02 Å². The Hall–Kier alpha value is -1.48. The minimum Gasteiger partial charge on any atom is -0.205 e. The molecule has 0 unspecified atom stereocenters. The van der Waals surface area contributed by atoms with Crippen LogP contribution >= 0.6 is 11.6 Å². The summed E-state index contributed by atoms with van der Waals surface area (Å²) in [5, 5.41) is -0.171. The predicted octanol–water partition coefficient (Wildman–Crippen LogP) is 8.27. The molecule has 1 saturated carbocycles. The van der Waals surface area contributed by atoms with Crippen LogP contribution in [0, 0.1) is 36.2 Å². The highest BCUT2D eigenvalue weighted by Crippen LogP contribution is 2.36. The van der Waals surface area contributed by atoms with Crippen LogP contribution in [0.2, 0.25) is 5.02 Å². The summed E-state index contributed by atoms with van der Waals surface area (Å²) in [6, 6.07) is 6.19. The number of halogens is 4. The molecule has 0 amide bonds. The Morgan fingerprint density at radius 1 is 0.821 bits per heavy atom. The molecule has 0 bridgehead atoms. The summed E-state index contributed by atoms with van der Waals surface area (Å²) in [5.74, 6) is -0.949. The Kier molecular flexibility index (Phi) is 7.09. The smallest absolute Gasteiger partial charge is 0.166 e. The summed E-state index contributed by atoms with van der Waals surface area (Å²) in [5.41, 5.74) is 0.952. The van der Waals surface area contributed by atoms with Gasteiger partial charge in [-0.05, 0) is 42.7 Å². The Morgan fingerprint density at radius 3 is 2.07 bits per heavy atom. The summed E-state index contributed by atoms with van der Waals surface area (Å²) in [6.45, 7) is 3.81. The first kappa shape index (κ1) is 21.2. The number of hydrogen-bond donors (Lipinski definition) is 0. The van der Waals surface area contributed by atoms with Crippen LogP contribution in [0.5, 0.6) is 0 Å². The third kappa shape index (κ3) is 4.56. The van der Waals surface area contributed by atoms with E-state index in [0.29, 0.717) is 23.5 Å². The van der Waals surface area contributed by atoms with Crippen molar-refractivity contribution < 1.29 is 13.2 Å². The molecule has 0 aromatic heterocycles. The minimum atomic E-state index is -0.950. The standard InChI is InChI=1S/C24H28ClF3/c1-3-4-16-6-8-17(9-7-16)10-11-18-12-14-20(24(28)23(18)27)19-13-5-15(2)22(26)21(19)25/h5,12-14,16-17H,3-4,6-11H2,1-2H3. The number of rotatable bonds is 6. The van der Waals surface area contributed by atoms with E-state index in [1.807, 2.05) is 0 Å². The molecule has 2 aromatic carbocycles. The second kappa shape index (κ2) is 9.35.